The van der Waals surface area contributed by atoms with Gasteiger partial charge in [0.2, 0.25) is 10.0 Å². The first-order valence-electron chi connectivity index (χ1n) is 7.85. The molecule has 1 aromatic carbocycles. The molecule has 1 aliphatic rings. The van der Waals surface area contributed by atoms with Crippen molar-refractivity contribution in [2.45, 2.75) is 37.8 Å². The number of hydrogen-bond acceptors (Lipinski definition) is 4. The van der Waals surface area contributed by atoms with Crippen LogP contribution in [0, 0.1) is 0 Å². The summed E-state index contributed by atoms with van der Waals surface area (Å²) in [4.78, 5) is 14.6. The Balaban J connectivity index is 2.21. The molecule has 0 bridgehead atoms. The highest BCUT2D eigenvalue weighted by Crippen LogP contribution is 2.18. The highest BCUT2D eigenvalue weighted by Gasteiger charge is 2.26. The maximum atomic E-state index is 12.6. The van der Waals surface area contributed by atoms with E-state index in [9.17, 15) is 13.2 Å². The van der Waals surface area contributed by atoms with Gasteiger partial charge >= 0.3 is 0 Å². The summed E-state index contributed by atoms with van der Waals surface area (Å²) in [5, 5.41) is 3.24. The quantitative estimate of drug-likeness (QED) is 0.893. The SMILES string of the molecule is CC(C)N(C)S(=O)(=O)c1ccc(C(=O)N2CCNC[C@@H]2C)cc1. The van der Waals surface area contributed by atoms with Crippen molar-refractivity contribution >= 4 is 15.9 Å². The first kappa shape index (κ1) is 17.9. The largest absolute Gasteiger partial charge is 0.333 e. The molecular formula is C16H25N3O3S. The van der Waals surface area contributed by atoms with E-state index in [1.807, 2.05) is 25.7 Å². The molecule has 0 spiro atoms. The number of sulfonamides is 1. The summed E-state index contributed by atoms with van der Waals surface area (Å²) in [5.41, 5.74) is 0.518. The molecule has 1 N–H and O–H groups in total. The lowest BCUT2D eigenvalue weighted by Crippen LogP contribution is -2.52. The highest BCUT2D eigenvalue weighted by molar-refractivity contribution is 7.89. The lowest BCUT2D eigenvalue weighted by Gasteiger charge is -2.34. The Kier molecular flexibility index (Phi) is 5.44. The van der Waals surface area contributed by atoms with Crippen LogP contribution in [0.25, 0.3) is 0 Å². The van der Waals surface area contributed by atoms with E-state index >= 15 is 0 Å². The van der Waals surface area contributed by atoms with Gasteiger partial charge in [0.1, 0.15) is 0 Å². The minimum atomic E-state index is -3.52. The zero-order valence-corrected chi connectivity index (χ0v) is 14.9. The summed E-state index contributed by atoms with van der Waals surface area (Å²) in [6.45, 7) is 7.86. The van der Waals surface area contributed by atoms with Crippen molar-refractivity contribution in [2.75, 3.05) is 26.7 Å². The summed E-state index contributed by atoms with van der Waals surface area (Å²) in [6.07, 6.45) is 0. The Bertz CT molecular complexity index is 656. The summed E-state index contributed by atoms with van der Waals surface area (Å²) in [7, 11) is -1.96. The van der Waals surface area contributed by atoms with Gasteiger partial charge in [-0.15, -0.1) is 0 Å². The van der Waals surface area contributed by atoms with Crippen LogP contribution < -0.4 is 5.32 Å². The molecule has 1 amide bonds. The molecule has 1 fully saturated rings. The molecule has 0 aromatic heterocycles. The molecule has 7 heteroatoms. The zero-order chi connectivity index (χ0) is 17.2. The summed E-state index contributed by atoms with van der Waals surface area (Å²) >= 11 is 0. The second-order valence-corrected chi connectivity index (χ2v) is 8.19. The van der Waals surface area contributed by atoms with Gasteiger partial charge in [-0.25, -0.2) is 8.42 Å². The monoisotopic (exact) mass is 339 g/mol. The van der Waals surface area contributed by atoms with E-state index in [1.54, 1.807) is 19.2 Å². The van der Waals surface area contributed by atoms with E-state index in [-0.39, 0.29) is 22.9 Å². The van der Waals surface area contributed by atoms with E-state index in [0.717, 1.165) is 13.1 Å². The summed E-state index contributed by atoms with van der Waals surface area (Å²) in [6, 6.07) is 6.22. The van der Waals surface area contributed by atoms with Gasteiger partial charge in [0.15, 0.2) is 0 Å². The first-order chi connectivity index (χ1) is 10.7. The number of nitrogens with one attached hydrogen (secondary N) is 1. The van der Waals surface area contributed by atoms with Gasteiger partial charge in [0, 0.05) is 44.3 Å². The number of carbonyl (C=O) groups is 1. The maximum absolute atomic E-state index is 12.6. The second-order valence-electron chi connectivity index (χ2n) is 6.19. The lowest BCUT2D eigenvalue weighted by molar-refractivity contribution is 0.0655. The predicted molar refractivity (Wildman–Crippen MR) is 89.9 cm³/mol. The third-order valence-electron chi connectivity index (χ3n) is 4.27. The number of carbonyl (C=O) groups excluding carboxylic acids is 1. The third-order valence-corrected chi connectivity index (χ3v) is 6.32. The fourth-order valence-corrected chi connectivity index (χ4v) is 3.89. The van der Waals surface area contributed by atoms with Crippen LogP contribution in [0.1, 0.15) is 31.1 Å². The average molecular weight is 339 g/mol. The van der Waals surface area contributed by atoms with Crippen molar-refractivity contribution in [3.8, 4) is 0 Å². The Labute approximate surface area is 138 Å². The highest BCUT2D eigenvalue weighted by atomic mass is 32.2. The summed E-state index contributed by atoms with van der Waals surface area (Å²) in [5.74, 6) is -0.0554. The summed E-state index contributed by atoms with van der Waals surface area (Å²) < 4.78 is 26.2. The van der Waals surface area contributed by atoms with Crippen molar-refractivity contribution in [3.05, 3.63) is 29.8 Å². The van der Waals surface area contributed by atoms with Crippen LogP contribution in [0.4, 0.5) is 0 Å². The Morgan fingerprint density at radius 1 is 1.30 bits per heavy atom. The molecule has 0 aliphatic carbocycles. The van der Waals surface area contributed by atoms with Crippen molar-refractivity contribution in [3.63, 3.8) is 0 Å². The van der Waals surface area contributed by atoms with Crippen LogP contribution >= 0.6 is 0 Å². The van der Waals surface area contributed by atoms with Gasteiger partial charge in [-0.05, 0) is 45.0 Å². The van der Waals surface area contributed by atoms with E-state index in [1.165, 1.54) is 16.4 Å². The number of benzene rings is 1. The van der Waals surface area contributed by atoms with Crippen LogP contribution in [0.5, 0.6) is 0 Å². The molecule has 23 heavy (non-hydrogen) atoms. The molecule has 6 nitrogen and oxygen atoms in total. The molecule has 1 heterocycles. The number of rotatable bonds is 4. The van der Waals surface area contributed by atoms with Crippen molar-refractivity contribution in [1.29, 1.82) is 0 Å². The fraction of sp³-hybridized carbons (Fsp3) is 0.562. The molecule has 2 rings (SSSR count). The van der Waals surface area contributed by atoms with Gasteiger partial charge in [0.25, 0.3) is 5.91 Å². The molecule has 1 atom stereocenters. The second kappa shape index (κ2) is 6.98. The van der Waals surface area contributed by atoms with Gasteiger partial charge in [-0.2, -0.15) is 4.31 Å². The number of hydrogen-bond donors (Lipinski definition) is 1. The minimum absolute atomic E-state index is 0.0554. The maximum Gasteiger partial charge on any atom is 0.254 e. The van der Waals surface area contributed by atoms with E-state index in [4.69, 9.17) is 0 Å². The molecule has 1 aliphatic heterocycles. The average Bonchev–Trinajstić information content (AvgIpc) is 2.54. The lowest BCUT2D eigenvalue weighted by atomic mass is 10.1. The van der Waals surface area contributed by atoms with Gasteiger partial charge in [0.05, 0.1) is 4.90 Å². The van der Waals surface area contributed by atoms with Gasteiger partial charge in [-0.1, -0.05) is 0 Å². The van der Waals surface area contributed by atoms with E-state index in [2.05, 4.69) is 5.32 Å². The minimum Gasteiger partial charge on any atom is -0.333 e. The molecule has 0 unspecified atom stereocenters. The molecular weight excluding hydrogens is 314 g/mol. The normalized spacial score (nSPS) is 19.4. The number of nitrogens with zero attached hydrogens (tertiary/aromatic N) is 2. The van der Waals surface area contributed by atoms with Crippen LogP contribution in [0.3, 0.4) is 0 Å². The van der Waals surface area contributed by atoms with Crippen molar-refractivity contribution in [2.24, 2.45) is 0 Å². The third kappa shape index (κ3) is 3.73. The standard InChI is InChI=1S/C16H25N3O3S/c1-12(2)18(4)23(21,22)15-7-5-14(6-8-15)16(20)19-10-9-17-11-13(19)3/h5-8,12-13,17H,9-11H2,1-4H3/t13-/m0/s1. The van der Waals surface area contributed by atoms with Gasteiger partial charge in [-0.3, -0.25) is 4.79 Å². The Morgan fingerprint density at radius 2 is 1.91 bits per heavy atom. The predicted octanol–water partition coefficient (Wildman–Crippen LogP) is 1.15. The number of amides is 1. The first-order valence-corrected chi connectivity index (χ1v) is 9.29. The van der Waals surface area contributed by atoms with Crippen LogP contribution in [0.15, 0.2) is 29.2 Å². The number of piperazine rings is 1. The Hall–Kier alpha value is -1.44. The smallest absolute Gasteiger partial charge is 0.254 e. The Morgan fingerprint density at radius 3 is 2.43 bits per heavy atom. The molecule has 1 aromatic rings. The molecule has 0 radical (unpaired) electrons. The van der Waals surface area contributed by atoms with E-state index < -0.39 is 10.0 Å². The fourth-order valence-electron chi connectivity index (χ4n) is 2.52. The van der Waals surface area contributed by atoms with Crippen molar-refractivity contribution in [1.82, 2.24) is 14.5 Å². The molecule has 1 saturated heterocycles. The topological polar surface area (TPSA) is 69.7 Å². The van der Waals surface area contributed by atoms with E-state index in [0.29, 0.717) is 12.1 Å². The van der Waals surface area contributed by atoms with Crippen LogP contribution in [-0.4, -0.2) is 62.3 Å². The van der Waals surface area contributed by atoms with Crippen molar-refractivity contribution < 1.29 is 13.2 Å². The van der Waals surface area contributed by atoms with Gasteiger partial charge < -0.3 is 10.2 Å². The van der Waals surface area contributed by atoms with Crippen LogP contribution in [-0.2, 0) is 10.0 Å². The van der Waals surface area contributed by atoms with Crippen LogP contribution in [0.2, 0.25) is 0 Å². The zero-order valence-electron chi connectivity index (χ0n) is 14.1. The molecule has 0 saturated carbocycles. The molecule has 128 valence electrons.